The number of hydrogen-bond donors (Lipinski definition) is 2. The summed E-state index contributed by atoms with van der Waals surface area (Å²) in [6.07, 6.45) is 6.69. The van der Waals surface area contributed by atoms with E-state index in [1.807, 2.05) is 0 Å². The molecular weight excluding hydrogens is 214 g/mol. The maximum absolute atomic E-state index is 11.9. The van der Waals surface area contributed by atoms with E-state index in [-0.39, 0.29) is 17.9 Å². The predicted molar refractivity (Wildman–Crippen MR) is 68.6 cm³/mol. The van der Waals surface area contributed by atoms with Crippen molar-refractivity contribution in [1.82, 2.24) is 10.2 Å². The minimum absolute atomic E-state index is 0.164. The first kappa shape index (κ1) is 12.8. The molecule has 1 heterocycles. The van der Waals surface area contributed by atoms with Crippen molar-refractivity contribution in [3.8, 4) is 0 Å². The van der Waals surface area contributed by atoms with Crippen molar-refractivity contribution < 1.29 is 4.79 Å². The number of amides is 1. The molecule has 4 heteroatoms. The number of nitrogens with one attached hydrogen (secondary N) is 1. The molecule has 0 aromatic rings. The highest BCUT2D eigenvalue weighted by atomic mass is 16.1. The smallest absolute Gasteiger partial charge is 0.223 e. The van der Waals surface area contributed by atoms with Gasteiger partial charge in [-0.25, -0.2) is 0 Å². The molecule has 2 atom stereocenters. The molecule has 2 aliphatic rings. The number of carbonyl (C=O) groups excluding carboxylic acids is 1. The van der Waals surface area contributed by atoms with Crippen LogP contribution < -0.4 is 11.1 Å². The molecular formula is C13H25N3O. The number of nitrogens with two attached hydrogens (primary N) is 1. The lowest BCUT2D eigenvalue weighted by Gasteiger charge is -2.26. The largest absolute Gasteiger partial charge is 0.355 e. The Hall–Kier alpha value is -0.610. The number of likely N-dealkylation sites (tertiary alicyclic amines) is 1. The van der Waals surface area contributed by atoms with E-state index >= 15 is 0 Å². The van der Waals surface area contributed by atoms with Gasteiger partial charge < -0.3 is 16.0 Å². The van der Waals surface area contributed by atoms with Crippen LogP contribution in [0.15, 0.2) is 0 Å². The third-order valence-electron chi connectivity index (χ3n) is 4.01. The van der Waals surface area contributed by atoms with Crippen LogP contribution in [-0.4, -0.2) is 43.0 Å². The Morgan fingerprint density at radius 2 is 2.00 bits per heavy atom. The molecule has 1 aliphatic heterocycles. The molecule has 1 saturated heterocycles. The van der Waals surface area contributed by atoms with Crippen molar-refractivity contribution in [2.45, 2.75) is 44.6 Å². The van der Waals surface area contributed by atoms with Crippen molar-refractivity contribution in [3.05, 3.63) is 0 Å². The Balaban J connectivity index is 1.62. The number of nitrogens with zero attached hydrogens (tertiary/aromatic N) is 1. The van der Waals surface area contributed by atoms with Crippen LogP contribution in [0.25, 0.3) is 0 Å². The van der Waals surface area contributed by atoms with Crippen molar-refractivity contribution >= 4 is 5.91 Å². The van der Waals surface area contributed by atoms with Crippen molar-refractivity contribution in [2.75, 3.05) is 26.2 Å². The zero-order valence-electron chi connectivity index (χ0n) is 10.7. The molecule has 0 radical (unpaired) electrons. The first-order chi connectivity index (χ1) is 8.25. The maximum Gasteiger partial charge on any atom is 0.223 e. The number of hydrogen-bond acceptors (Lipinski definition) is 3. The minimum Gasteiger partial charge on any atom is -0.355 e. The Labute approximate surface area is 104 Å². The van der Waals surface area contributed by atoms with Crippen molar-refractivity contribution in [2.24, 2.45) is 11.7 Å². The van der Waals surface area contributed by atoms with E-state index in [0.717, 1.165) is 38.8 Å². The Bertz CT molecular complexity index is 251. The van der Waals surface area contributed by atoms with Crippen LogP contribution >= 0.6 is 0 Å². The summed E-state index contributed by atoms with van der Waals surface area (Å²) in [6.45, 7) is 4.20. The van der Waals surface area contributed by atoms with E-state index in [9.17, 15) is 4.79 Å². The maximum atomic E-state index is 11.9. The molecule has 0 aromatic carbocycles. The summed E-state index contributed by atoms with van der Waals surface area (Å²) in [6, 6.07) is 0.234. The lowest BCUT2D eigenvalue weighted by molar-refractivity contribution is -0.126. The van der Waals surface area contributed by atoms with Gasteiger partial charge in [0.1, 0.15) is 0 Å². The van der Waals surface area contributed by atoms with Crippen molar-refractivity contribution in [3.63, 3.8) is 0 Å². The Kier molecular flexibility index (Phi) is 4.80. The van der Waals surface area contributed by atoms with Crippen LogP contribution in [0.3, 0.4) is 0 Å². The molecule has 2 unspecified atom stereocenters. The lowest BCUT2D eigenvalue weighted by atomic mass is 9.85. The minimum atomic E-state index is 0.164. The molecule has 0 bridgehead atoms. The summed E-state index contributed by atoms with van der Waals surface area (Å²) in [7, 11) is 0. The second kappa shape index (κ2) is 6.36. The highest BCUT2D eigenvalue weighted by Crippen LogP contribution is 2.22. The Morgan fingerprint density at radius 1 is 1.24 bits per heavy atom. The van der Waals surface area contributed by atoms with E-state index < -0.39 is 0 Å². The number of carbonyl (C=O) groups is 1. The summed E-state index contributed by atoms with van der Waals surface area (Å²) in [5.41, 5.74) is 5.90. The van der Waals surface area contributed by atoms with E-state index in [0.29, 0.717) is 0 Å². The first-order valence-corrected chi connectivity index (χ1v) is 7.01. The molecule has 0 aromatic heterocycles. The average Bonchev–Trinajstić information content (AvgIpc) is 2.82. The number of rotatable bonds is 4. The van der Waals surface area contributed by atoms with Crippen molar-refractivity contribution in [1.29, 1.82) is 0 Å². The molecule has 3 N–H and O–H groups in total. The zero-order chi connectivity index (χ0) is 12.1. The van der Waals surface area contributed by atoms with E-state index in [1.165, 1.54) is 25.9 Å². The van der Waals surface area contributed by atoms with Gasteiger partial charge in [0.05, 0.1) is 0 Å². The standard InChI is InChI=1S/C13H25N3O/c14-12-5-3-4-11(10-12)13(17)15-6-9-16-7-1-2-8-16/h11-12H,1-10,14H2,(H,15,17). The van der Waals surface area contributed by atoms with Crippen LogP contribution in [0.5, 0.6) is 0 Å². The van der Waals surface area contributed by atoms with Gasteiger partial charge in [-0.1, -0.05) is 6.42 Å². The van der Waals surface area contributed by atoms with Crippen LogP contribution in [0.4, 0.5) is 0 Å². The highest BCUT2D eigenvalue weighted by Gasteiger charge is 2.25. The van der Waals surface area contributed by atoms with Gasteiger partial charge in [0.25, 0.3) is 0 Å². The van der Waals surface area contributed by atoms with E-state index in [2.05, 4.69) is 10.2 Å². The normalized spacial score (nSPS) is 30.4. The monoisotopic (exact) mass is 239 g/mol. The van der Waals surface area contributed by atoms with Gasteiger partial charge in [0.2, 0.25) is 5.91 Å². The molecule has 0 spiro atoms. The average molecular weight is 239 g/mol. The summed E-state index contributed by atoms with van der Waals surface area (Å²) >= 11 is 0. The van der Waals surface area contributed by atoms with Gasteiger partial charge >= 0.3 is 0 Å². The Morgan fingerprint density at radius 3 is 2.71 bits per heavy atom. The summed E-state index contributed by atoms with van der Waals surface area (Å²) in [5.74, 6) is 0.386. The third-order valence-corrected chi connectivity index (χ3v) is 4.01. The quantitative estimate of drug-likeness (QED) is 0.760. The topological polar surface area (TPSA) is 58.4 Å². The molecule has 17 heavy (non-hydrogen) atoms. The zero-order valence-corrected chi connectivity index (χ0v) is 10.7. The van der Waals surface area contributed by atoms with E-state index in [4.69, 9.17) is 5.73 Å². The molecule has 1 aliphatic carbocycles. The van der Waals surface area contributed by atoms with Gasteiger partial charge in [0.15, 0.2) is 0 Å². The van der Waals surface area contributed by atoms with Gasteiger partial charge in [-0.15, -0.1) is 0 Å². The summed E-state index contributed by atoms with van der Waals surface area (Å²) < 4.78 is 0. The molecule has 1 amide bonds. The predicted octanol–water partition coefficient (Wildman–Crippen LogP) is 0.716. The highest BCUT2D eigenvalue weighted by molar-refractivity contribution is 5.78. The molecule has 4 nitrogen and oxygen atoms in total. The van der Waals surface area contributed by atoms with Crippen LogP contribution in [0, 0.1) is 5.92 Å². The second-order valence-electron chi connectivity index (χ2n) is 5.46. The lowest BCUT2D eigenvalue weighted by Crippen LogP contribution is -2.40. The van der Waals surface area contributed by atoms with Gasteiger partial charge in [-0.3, -0.25) is 4.79 Å². The SMILES string of the molecule is NC1CCCC(C(=O)NCCN2CCCC2)C1. The van der Waals surface area contributed by atoms with Crippen LogP contribution in [-0.2, 0) is 4.79 Å². The molecule has 98 valence electrons. The summed E-state index contributed by atoms with van der Waals surface area (Å²) in [4.78, 5) is 14.4. The van der Waals surface area contributed by atoms with E-state index in [1.54, 1.807) is 0 Å². The van der Waals surface area contributed by atoms with Crippen LogP contribution in [0.2, 0.25) is 0 Å². The second-order valence-corrected chi connectivity index (χ2v) is 5.46. The first-order valence-electron chi connectivity index (χ1n) is 7.01. The fourth-order valence-corrected chi connectivity index (χ4v) is 2.95. The van der Waals surface area contributed by atoms with Crippen LogP contribution in [0.1, 0.15) is 38.5 Å². The van der Waals surface area contributed by atoms with Gasteiger partial charge in [-0.2, -0.15) is 0 Å². The summed E-state index contributed by atoms with van der Waals surface area (Å²) in [5, 5.41) is 3.06. The van der Waals surface area contributed by atoms with Gasteiger partial charge in [-0.05, 0) is 45.2 Å². The fraction of sp³-hybridized carbons (Fsp3) is 0.923. The molecule has 2 rings (SSSR count). The fourth-order valence-electron chi connectivity index (χ4n) is 2.95. The van der Waals surface area contributed by atoms with Gasteiger partial charge in [0, 0.05) is 25.0 Å². The molecule has 2 fully saturated rings. The third kappa shape index (κ3) is 3.96. The molecule has 1 saturated carbocycles.